The van der Waals surface area contributed by atoms with Crippen molar-refractivity contribution >= 4 is 11.8 Å². The third-order valence-electron chi connectivity index (χ3n) is 7.96. The molecule has 42 heavy (non-hydrogen) atoms. The highest BCUT2D eigenvalue weighted by Gasteiger charge is 2.37. The van der Waals surface area contributed by atoms with Crippen molar-refractivity contribution in [2.24, 2.45) is 22.6 Å². The number of guanidine groups is 1. The molecule has 7 nitrogen and oxygen atoms in total. The van der Waals surface area contributed by atoms with Crippen LogP contribution < -0.4 is 16.5 Å². The summed E-state index contributed by atoms with van der Waals surface area (Å²) in [5.74, 6) is 6.84. The van der Waals surface area contributed by atoms with Gasteiger partial charge in [-0.2, -0.15) is 26.3 Å². The Morgan fingerprint density at radius 1 is 0.929 bits per heavy atom. The zero-order chi connectivity index (χ0) is 30.7. The number of pyridine rings is 1. The van der Waals surface area contributed by atoms with E-state index in [-0.39, 0.29) is 30.7 Å². The number of alkyl halides is 6. The monoisotopic (exact) mass is 599 g/mol. The number of fused-ring (bicyclic) bond motifs is 1. The Bertz CT molecular complexity index is 1220. The zero-order valence-electron chi connectivity index (χ0n) is 24.0. The van der Waals surface area contributed by atoms with Gasteiger partial charge in [0, 0.05) is 44.5 Å². The molecule has 1 aromatic heterocycles. The molecule has 13 heteroatoms. The minimum absolute atomic E-state index is 0.0670. The Labute approximate surface area is 242 Å². The number of aryl methyl sites for hydroxylation is 2. The molecule has 0 atom stereocenters. The van der Waals surface area contributed by atoms with Crippen LogP contribution in [0.15, 0.2) is 29.4 Å². The molecular weight excluding hydrogens is 560 g/mol. The minimum Gasteiger partial charge on any atom is -0.368 e. The molecular formula is C29H39F6N7. The van der Waals surface area contributed by atoms with Crippen molar-refractivity contribution in [3.05, 3.63) is 57.8 Å². The molecule has 0 bridgehead atoms. The van der Waals surface area contributed by atoms with Crippen LogP contribution in [-0.4, -0.2) is 41.1 Å². The first kappa shape index (κ1) is 31.7. The molecule has 2 aliphatic carbocycles. The fourth-order valence-electron chi connectivity index (χ4n) is 5.91. The van der Waals surface area contributed by atoms with E-state index >= 15 is 0 Å². The third-order valence-corrected chi connectivity index (χ3v) is 7.96. The summed E-state index contributed by atoms with van der Waals surface area (Å²) in [6.07, 6.45) is -1.49. The summed E-state index contributed by atoms with van der Waals surface area (Å²) < 4.78 is 81.6. The highest BCUT2D eigenvalue weighted by Crippen LogP contribution is 2.37. The molecule has 0 aliphatic heterocycles. The minimum atomic E-state index is -4.96. The largest absolute Gasteiger partial charge is 0.416 e. The van der Waals surface area contributed by atoms with Gasteiger partial charge in [0.05, 0.1) is 11.1 Å². The van der Waals surface area contributed by atoms with Crippen molar-refractivity contribution in [2.45, 2.75) is 83.7 Å². The Hall–Kier alpha value is -3.22. The average Bonchev–Trinajstić information content (AvgIpc) is 3.43. The summed E-state index contributed by atoms with van der Waals surface area (Å²) in [6, 6.07) is 3.61. The smallest absolute Gasteiger partial charge is 0.368 e. The lowest BCUT2D eigenvalue weighted by molar-refractivity contribution is -0.143. The van der Waals surface area contributed by atoms with Crippen LogP contribution in [0.3, 0.4) is 0 Å². The summed E-state index contributed by atoms with van der Waals surface area (Å²) in [5.41, 5.74) is 6.21. The van der Waals surface area contributed by atoms with E-state index in [2.05, 4.69) is 23.0 Å². The molecule has 1 fully saturated rings. The Balaban J connectivity index is 1.76. The number of hydrogen-bond donors (Lipinski definition) is 2. The van der Waals surface area contributed by atoms with Crippen molar-refractivity contribution < 1.29 is 26.3 Å². The summed E-state index contributed by atoms with van der Waals surface area (Å²) >= 11 is 0. The first-order valence-corrected chi connectivity index (χ1v) is 14.4. The number of halogens is 6. The van der Waals surface area contributed by atoms with Crippen LogP contribution >= 0.6 is 0 Å². The van der Waals surface area contributed by atoms with E-state index in [0.717, 1.165) is 72.8 Å². The maximum Gasteiger partial charge on any atom is 0.416 e. The topological polar surface area (TPSA) is 87.0 Å². The molecule has 0 amide bonds. The lowest BCUT2D eigenvalue weighted by atomic mass is 9.94. The van der Waals surface area contributed by atoms with Gasteiger partial charge in [0.1, 0.15) is 5.82 Å². The normalized spacial score (nSPS) is 16.5. The number of hydrogen-bond acceptors (Lipinski definition) is 5. The fourth-order valence-corrected chi connectivity index (χ4v) is 5.91. The van der Waals surface area contributed by atoms with Crippen molar-refractivity contribution in [1.29, 1.82) is 0 Å². The van der Waals surface area contributed by atoms with Crippen LogP contribution in [0.5, 0.6) is 0 Å². The van der Waals surface area contributed by atoms with E-state index in [1.54, 1.807) is 0 Å². The van der Waals surface area contributed by atoms with Gasteiger partial charge in [-0.3, -0.25) is 0 Å². The van der Waals surface area contributed by atoms with Gasteiger partial charge in [-0.25, -0.2) is 15.9 Å². The van der Waals surface area contributed by atoms with Crippen LogP contribution in [0.25, 0.3) is 0 Å². The van der Waals surface area contributed by atoms with E-state index in [0.29, 0.717) is 24.6 Å². The van der Waals surface area contributed by atoms with E-state index < -0.39 is 23.5 Å². The van der Waals surface area contributed by atoms with Crippen molar-refractivity contribution in [3.63, 3.8) is 0 Å². The number of nitrogens with zero attached hydrogens (tertiary/aromatic N) is 5. The number of aromatic nitrogens is 1. The standard InChI is InChI=1S/C29H39F6N7/c1-3-41(16-19-8-4-5-9-19)26-22(14-21-10-6-7-11-25(21)38-26)18-42(27(36)39-40(2)37)17-20-12-23(28(30,31)32)15-24(13-20)29(33,34)35/h12-15,19H,3-11,16-18,37H2,1-2H3,(H2,36,39). The second-order valence-corrected chi connectivity index (χ2v) is 11.3. The van der Waals surface area contributed by atoms with Gasteiger partial charge in [-0.05, 0) is 86.8 Å². The lowest BCUT2D eigenvalue weighted by Gasteiger charge is -2.32. The van der Waals surface area contributed by atoms with E-state index in [4.69, 9.17) is 16.6 Å². The number of anilines is 1. The number of hydrazine groups is 1. The molecule has 1 saturated carbocycles. The molecule has 2 aromatic rings. The summed E-state index contributed by atoms with van der Waals surface area (Å²) in [7, 11) is 1.42. The van der Waals surface area contributed by atoms with Crippen LogP contribution in [-0.2, 0) is 38.3 Å². The van der Waals surface area contributed by atoms with Crippen LogP contribution in [0.1, 0.15) is 79.0 Å². The first-order chi connectivity index (χ1) is 19.7. The number of rotatable bonds is 9. The van der Waals surface area contributed by atoms with Crippen molar-refractivity contribution in [3.8, 4) is 0 Å². The molecule has 232 valence electrons. The molecule has 4 N–H and O–H groups in total. The van der Waals surface area contributed by atoms with E-state index in [1.165, 1.54) is 24.8 Å². The first-order valence-electron chi connectivity index (χ1n) is 14.4. The zero-order valence-corrected chi connectivity index (χ0v) is 24.0. The third kappa shape index (κ3) is 7.99. The Kier molecular flexibility index (Phi) is 9.79. The number of hydrazone groups is 1. The molecule has 0 radical (unpaired) electrons. The molecule has 0 saturated heterocycles. The van der Waals surface area contributed by atoms with Crippen LogP contribution in [0, 0.1) is 5.92 Å². The van der Waals surface area contributed by atoms with Gasteiger partial charge in [0.25, 0.3) is 0 Å². The highest BCUT2D eigenvalue weighted by molar-refractivity contribution is 5.78. The molecule has 2 aliphatic rings. The quantitative estimate of drug-likeness (QED) is 0.120. The second-order valence-electron chi connectivity index (χ2n) is 11.3. The number of nitrogens with two attached hydrogens (primary N) is 2. The van der Waals surface area contributed by atoms with Crippen molar-refractivity contribution in [1.82, 2.24) is 15.0 Å². The van der Waals surface area contributed by atoms with Gasteiger partial charge in [-0.1, -0.05) is 12.8 Å². The maximum atomic E-state index is 13.6. The molecule has 0 spiro atoms. The van der Waals surface area contributed by atoms with E-state index in [1.807, 2.05) is 0 Å². The van der Waals surface area contributed by atoms with Gasteiger partial charge in [0.15, 0.2) is 0 Å². The molecule has 4 rings (SSSR count). The highest BCUT2D eigenvalue weighted by atomic mass is 19.4. The van der Waals surface area contributed by atoms with Crippen LogP contribution in [0.2, 0.25) is 0 Å². The van der Waals surface area contributed by atoms with Crippen LogP contribution in [0.4, 0.5) is 32.2 Å². The molecule has 1 heterocycles. The van der Waals surface area contributed by atoms with Gasteiger partial charge < -0.3 is 15.5 Å². The van der Waals surface area contributed by atoms with Crippen molar-refractivity contribution in [2.75, 3.05) is 25.0 Å². The van der Waals surface area contributed by atoms with Gasteiger partial charge in [-0.15, -0.1) is 5.10 Å². The second kappa shape index (κ2) is 13.0. The fraction of sp³-hybridized carbons (Fsp3) is 0.586. The summed E-state index contributed by atoms with van der Waals surface area (Å²) in [4.78, 5) is 8.76. The van der Waals surface area contributed by atoms with Gasteiger partial charge >= 0.3 is 12.4 Å². The van der Waals surface area contributed by atoms with E-state index in [9.17, 15) is 26.3 Å². The molecule has 0 unspecified atom stereocenters. The van der Waals surface area contributed by atoms with Gasteiger partial charge in [0.2, 0.25) is 5.96 Å². The SMILES string of the molecule is CCN(CC1CCCC1)c1nc2c(cc1CN(Cc1cc(C(F)(F)F)cc(C(F)(F)F)c1)/C(N)=N/N(C)N)CCCC2. The lowest BCUT2D eigenvalue weighted by Crippen LogP contribution is -2.40. The molecule has 1 aromatic carbocycles. The number of benzene rings is 1. The summed E-state index contributed by atoms with van der Waals surface area (Å²) in [5, 5.41) is 4.98. The predicted molar refractivity (Wildman–Crippen MR) is 150 cm³/mol. The predicted octanol–water partition coefficient (Wildman–Crippen LogP) is 6.05. The Morgan fingerprint density at radius 2 is 1.55 bits per heavy atom. The maximum absolute atomic E-state index is 13.6. The Morgan fingerprint density at radius 3 is 2.12 bits per heavy atom. The summed E-state index contributed by atoms with van der Waals surface area (Å²) in [6.45, 7) is 3.29. The average molecular weight is 600 g/mol.